The maximum absolute atomic E-state index is 2.46. The van der Waals surface area contributed by atoms with Gasteiger partial charge in [-0.3, -0.25) is 0 Å². The quantitative estimate of drug-likeness (QED) is 0.374. The van der Waals surface area contributed by atoms with Crippen LogP contribution in [0, 0.1) is 0 Å². The molecule has 0 aliphatic rings. The zero-order valence-electron chi connectivity index (χ0n) is 1.78. The summed E-state index contributed by atoms with van der Waals surface area (Å²) in [6.45, 7) is 0. The SMILES string of the molecule is PN(I)I. The first kappa shape index (κ1) is 5.85. The summed E-state index contributed by atoms with van der Waals surface area (Å²) in [7, 11) is 2.46. The Labute approximate surface area is 55.8 Å². The van der Waals surface area contributed by atoms with Gasteiger partial charge < -0.3 is 0 Å². The molecule has 1 nitrogen and oxygen atoms in total. The molecule has 0 fully saturated rings. The van der Waals surface area contributed by atoms with Gasteiger partial charge in [-0.2, -0.15) is 1.10 Å². The van der Waals surface area contributed by atoms with Crippen LogP contribution in [-0.2, 0) is 0 Å². The first-order valence-electron chi connectivity index (χ1n) is 0.596. The number of rotatable bonds is 0. The minimum Gasteiger partial charge on any atom is -0.173 e. The molecule has 0 bridgehead atoms. The van der Waals surface area contributed by atoms with Gasteiger partial charge in [0.25, 0.3) is 0 Å². The molecule has 0 N–H and O–H groups in total. The second-order valence-corrected chi connectivity index (χ2v) is 6.80. The van der Waals surface area contributed by atoms with Gasteiger partial charge in [0.1, 0.15) is 0 Å². The van der Waals surface area contributed by atoms with Crippen molar-refractivity contribution in [3.05, 3.63) is 0 Å². The summed E-state index contributed by atoms with van der Waals surface area (Å²) in [4.78, 5) is 0. The van der Waals surface area contributed by atoms with E-state index in [2.05, 4.69) is 55.1 Å². The van der Waals surface area contributed by atoms with Crippen LogP contribution in [0.1, 0.15) is 0 Å². The zero-order chi connectivity index (χ0) is 3.58. The topological polar surface area (TPSA) is 3.24 Å². The van der Waals surface area contributed by atoms with Crippen molar-refractivity contribution in [1.82, 2.24) is 1.10 Å². The molecule has 0 saturated heterocycles. The molecule has 0 aromatic heterocycles. The lowest BCUT2D eigenvalue weighted by Gasteiger charge is -1.82. The van der Waals surface area contributed by atoms with Crippen molar-refractivity contribution >= 4 is 55.1 Å². The Balaban J connectivity index is 2.32. The van der Waals surface area contributed by atoms with Crippen LogP contribution >= 0.6 is 55.1 Å². The molecule has 0 rings (SSSR count). The van der Waals surface area contributed by atoms with E-state index in [1.165, 1.54) is 0 Å². The Morgan fingerprint density at radius 1 is 1.50 bits per heavy atom. The van der Waals surface area contributed by atoms with E-state index in [0.29, 0.717) is 0 Å². The lowest BCUT2D eigenvalue weighted by Crippen LogP contribution is -1.55. The van der Waals surface area contributed by atoms with Crippen LogP contribution in [0.25, 0.3) is 0 Å². The number of hydrogen-bond acceptors (Lipinski definition) is 1. The highest BCUT2D eigenvalue weighted by Crippen LogP contribution is 2.11. The van der Waals surface area contributed by atoms with Crippen LogP contribution in [0.5, 0.6) is 0 Å². The minimum atomic E-state index is 1.86. The molecule has 4 heavy (non-hydrogen) atoms. The molecule has 1 atom stereocenters. The minimum absolute atomic E-state index is 1.86. The number of nitrogens with zero attached hydrogens (tertiary/aromatic N) is 1. The Morgan fingerprint density at radius 3 is 1.50 bits per heavy atom. The molecule has 0 heterocycles. The lowest BCUT2D eigenvalue weighted by atomic mass is 13.9. The summed E-state index contributed by atoms with van der Waals surface area (Å²) in [5.74, 6) is 0. The van der Waals surface area contributed by atoms with Gasteiger partial charge in [0.15, 0.2) is 0 Å². The molecule has 1 unspecified atom stereocenters. The number of halogens is 2. The Hall–Kier alpha value is 1.85. The molecular weight excluding hydrogens is 299 g/mol. The highest BCUT2D eigenvalue weighted by molar-refractivity contribution is 14.2. The van der Waals surface area contributed by atoms with Crippen molar-refractivity contribution in [2.45, 2.75) is 0 Å². The molecule has 0 radical (unpaired) electrons. The van der Waals surface area contributed by atoms with Gasteiger partial charge in [-0.1, -0.05) is 0 Å². The van der Waals surface area contributed by atoms with Gasteiger partial charge in [-0.25, -0.2) is 0 Å². The van der Waals surface area contributed by atoms with Crippen molar-refractivity contribution in [1.29, 1.82) is 0 Å². The largest absolute Gasteiger partial charge is 0.173 e. The van der Waals surface area contributed by atoms with Gasteiger partial charge in [-0.15, -0.1) is 0 Å². The summed E-state index contributed by atoms with van der Waals surface area (Å²) < 4.78 is 1.86. The van der Waals surface area contributed by atoms with Gasteiger partial charge in [0, 0.05) is 45.7 Å². The standard InChI is InChI=1S/H2I2NP/c1-3(2)4/h4H2. The summed E-state index contributed by atoms with van der Waals surface area (Å²) >= 11 is 4.25. The van der Waals surface area contributed by atoms with Gasteiger partial charge >= 0.3 is 0 Å². The first-order chi connectivity index (χ1) is 1.73. The zero-order valence-corrected chi connectivity index (χ0v) is 7.25. The highest BCUT2D eigenvalue weighted by Gasteiger charge is 1.65. The van der Waals surface area contributed by atoms with Crippen LogP contribution in [0.3, 0.4) is 0 Å². The van der Waals surface area contributed by atoms with Crippen molar-refractivity contribution in [2.24, 2.45) is 0 Å². The molecule has 0 spiro atoms. The van der Waals surface area contributed by atoms with Crippen LogP contribution in [-0.4, -0.2) is 1.10 Å². The van der Waals surface area contributed by atoms with E-state index in [1.54, 1.807) is 0 Å². The number of hydrogen-bond donors (Lipinski definition) is 0. The van der Waals surface area contributed by atoms with E-state index < -0.39 is 0 Å². The Kier molecular flexibility index (Phi) is 4.47. The molecular formula is H2I2NP. The fourth-order valence-electron chi connectivity index (χ4n) is 0. The smallest absolute Gasteiger partial charge is 0.0346 e. The molecule has 0 aromatic carbocycles. The third-order valence-electron chi connectivity index (χ3n) is 0. The molecule has 0 aliphatic carbocycles. The van der Waals surface area contributed by atoms with Crippen LogP contribution in [0.15, 0.2) is 0 Å². The van der Waals surface area contributed by atoms with Crippen molar-refractivity contribution in [3.63, 3.8) is 0 Å². The summed E-state index contributed by atoms with van der Waals surface area (Å²) in [6, 6.07) is 0. The predicted molar refractivity (Wildman–Crippen MR) is 39.6 cm³/mol. The fourth-order valence-corrected chi connectivity index (χ4v) is 0. The second-order valence-electron chi connectivity index (χ2n) is 0.259. The summed E-state index contributed by atoms with van der Waals surface area (Å²) in [5, 5.41) is 0. The maximum atomic E-state index is 2.46. The fraction of sp³-hybridized carbons (Fsp3) is 0. The summed E-state index contributed by atoms with van der Waals surface area (Å²) in [6.07, 6.45) is 0. The van der Waals surface area contributed by atoms with Crippen LogP contribution in [0.4, 0.5) is 0 Å². The van der Waals surface area contributed by atoms with Crippen molar-refractivity contribution in [3.8, 4) is 0 Å². The van der Waals surface area contributed by atoms with E-state index in [1.807, 2.05) is 1.10 Å². The average Bonchev–Trinajstić information content (AvgIpc) is 0.811. The van der Waals surface area contributed by atoms with E-state index in [0.717, 1.165) is 0 Å². The summed E-state index contributed by atoms with van der Waals surface area (Å²) in [5.41, 5.74) is 0. The Bertz CT molecular complexity index is 10.8. The van der Waals surface area contributed by atoms with Gasteiger partial charge in [0.05, 0.1) is 0 Å². The molecule has 4 heteroatoms. The molecule has 26 valence electrons. The van der Waals surface area contributed by atoms with Crippen LogP contribution in [0.2, 0.25) is 0 Å². The van der Waals surface area contributed by atoms with E-state index in [9.17, 15) is 0 Å². The first-order valence-corrected chi connectivity index (χ1v) is 3.04. The average molecular weight is 301 g/mol. The molecule has 0 amide bonds. The van der Waals surface area contributed by atoms with E-state index in [4.69, 9.17) is 0 Å². The highest BCUT2D eigenvalue weighted by atomic mass is 127. The second kappa shape index (κ2) is 3.06. The van der Waals surface area contributed by atoms with E-state index >= 15 is 0 Å². The third-order valence-corrected chi connectivity index (χ3v) is 0. The van der Waals surface area contributed by atoms with Gasteiger partial charge in [0.2, 0.25) is 0 Å². The van der Waals surface area contributed by atoms with Crippen molar-refractivity contribution < 1.29 is 0 Å². The van der Waals surface area contributed by atoms with Crippen molar-refractivity contribution in [2.75, 3.05) is 0 Å². The van der Waals surface area contributed by atoms with Gasteiger partial charge in [-0.05, 0) is 9.39 Å². The lowest BCUT2D eigenvalue weighted by molar-refractivity contribution is 1.50. The third kappa shape index (κ3) is 9.14. The molecule has 0 aromatic rings. The monoisotopic (exact) mass is 301 g/mol. The molecule has 0 saturated carbocycles. The maximum Gasteiger partial charge on any atom is 0.0346 e. The van der Waals surface area contributed by atoms with Crippen LogP contribution < -0.4 is 0 Å². The van der Waals surface area contributed by atoms with E-state index in [-0.39, 0.29) is 0 Å². The normalized spacial score (nSPS) is 9.00. The molecule has 0 aliphatic heterocycles. The Morgan fingerprint density at radius 2 is 1.50 bits per heavy atom. The predicted octanol–water partition coefficient (Wildman–Crippen LogP) is 1.78.